The second kappa shape index (κ2) is 14.2. The van der Waals surface area contributed by atoms with Crippen LogP contribution < -0.4 is 20.1 Å². The minimum Gasteiger partial charge on any atom is -0.490 e. The van der Waals surface area contributed by atoms with Crippen LogP contribution in [0.2, 0.25) is 0 Å². The van der Waals surface area contributed by atoms with Gasteiger partial charge in [-0.2, -0.15) is 0 Å². The largest absolute Gasteiger partial charge is 0.490 e. The minimum atomic E-state index is -3.68. The normalized spacial score (nSPS) is 14.1. The molecule has 236 valence electrons. The van der Waals surface area contributed by atoms with Gasteiger partial charge in [-0.1, -0.05) is 39.8 Å². The van der Waals surface area contributed by atoms with Crippen LogP contribution in [0, 0.1) is 5.82 Å². The number of hydrogen-bond donors (Lipinski definition) is 3. The SMILES string of the molecule is CCCS(=O)(=O)Nc1cccc(-c2nc(C(C)(C)C)sc2-c2ccnc(Nc3cccc(OC4CCNCC4)c3)n2)c1F.Cl. The van der Waals surface area contributed by atoms with E-state index < -0.39 is 15.8 Å². The van der Waals surface area contributed by atoms with E-state index in [1.165, 1.54) is 17.4 Å². The molecule has 3 N–H and O–H groups in total. The summed E-state index contributed by atoms with van der Waals surface area (Å²) in [5.41, 5.74) is 1.51. The molecule has 0 amide bonds. The zero-order valence-corrected chi connectivity index (χ0v) is 27.6. The van der Waals surface area contributed by atoms with Crippen LogP contribution in [0.3, 0.4) is 0 Å². The van der Waals surface area contributed by atoms with Gasteiger partial charge >= 0.3 is 0 Å². The lowest BCUT2D eigenvalue weighted by Crippen LogP contribution is -2.34. The molecule has 5 rings (SSSR count). The van der Waals surface area contributed by atoms with E-state index in [0.717, 1.165) is 42.4 Å². The van der Waals surface area contributed by atoms with Crippen LogP contribution >= 0.6 is 23.7 Å². The Morgan fingerprint density at radius 2 is 1.84 bits per heavy atom. The molecule has 1 saturated heterocycles. The molecule has 4 aromatic rings. The Kier molecular flexibility index (Phi) is 10.8. The van der Waals surface area contributed by atoms with Crippen LogP contribution in [-0.4, -0.2) is 48.3 Å². The highest BCUT2D eigenvalue weighted by Gasteiger charge is 2.26. The number of benzene rings is 2. The molecular weight excluding hydrogens is 623 g/mol. The van der Waals surface area contributed by atoms with Gasteiger partial charge in [-0.3, -0.25) is 4.72 Å². The van der Waals surface area contributed by atoms with E-state index >= 15 is 4.39 Å². The summed E-state index contributed by atoms with van der Waals surface area (Å²) in [5.74, 6) is 0.357. The van der Waals surface area contributed by atoms with E-state index in [1.54, 1.807) is 31.3 Å². The fourth-order valence-electron chi connectivity index (χ4n) is 4.71. The first-order chi connectivity index (χ1) is 20.5. The van der Waals surface area contributed by atoms with E-state index in [4.69, 9.17) is 14.7 Å². The van der Waals surface area contributed by atoms with Gasteiger partial charge in [0, 0.05) is 28.9 Å². The van der Waals surface area contributed by atoms with E-state index in [2.05, 4.69) is 20.3 Å². The number of aromatic nitrogens is 3. The van der Waals surface area contributed by atoms with Crippen LogP contribution in [0.5, 0.6) is 5.75 Å². The summed E-state index contributed by atoms with van der Waals surface area (Å²) in [6.45, 7) is 9.77. The summed E-state index contributed by atoms with van der Waals surface area (Å²) in [5, 5.41) is 7.41. The second-order valence-corrected chi connectivity index (χ2v) is 14.4. The van der Waals surface area contributed by atoms with Gasteiger partial charge in [0.25, 0.3) is 0 Å². The number of thiazole rings is 1. The van der Waals surface area contributed by atoms with Gasteiger partial charge in [-0.15, -0.1) is 23.7 Å². The van der Waals surface area contributed by atoms with E-state index in [9.17, 15) is 8.42 Å². The third-order valence-electron chi connectivity index (χ3n) is 6.83. The molecule has 1 aliphatic heterocycles. The molecule has 0 radical (unpaired) electrons. The standard InChI is InChI=1S/C31H37FN6O3S2.ClH/c1-5-18-43(39,40)38-24-11-7-10-23(26(24)32)27-28(42-29(37-27)31(2,3)4)25-14-17-34-30(36-25)35-20-8-6-9-22(19-20)41-21-12-15-33-16-13-21;/h6-11,14,17,19,21,33,38H,5,12-13,15-16,18H2,1-4H3,(H,34,35,36);1H. The first-order valence-electron chi connectivity index (χ1n) is 14.4. The van der Waals surface area contributed by atoms with Crippen molar-refractivity contribution in [1.82, 2.24) is 20.3 Å². The Balaban J connectivity index is 0.00000442. The molecule has 13 heteroatoms. The summed E-state index contributed by atoms with van der Waals surface area (Å²) >= 11 is 1.43. The Morgan fingerprint density at radius 3 is 2.57 bits per heavy atom. The van der Waals surface area contributed by atoms with Crippen molar-refractivity contribution in [1.29, 1.82) is 0 Å². The number of piperidine rings is 1. The van der Waals surface area contributed by atoms with Gasteiger partial charge in [0.05, 0.1) is 32.7 Å². The Hall–Kier alpha value is -3.32. The van der Waals surface area contributed by atoms with Crippen LogP contribution in [-0.2, 0) is 15.4 Å². The highest BCUT2D eigenvalue weighted by molar-refractivity contribution is 7.92. The maximum Gasteiger partial charge on any atom is 0.232 e. The number of halogens is 2. The summed E-state index contributed by atoms with van der Waals surface area (Å²) in [4.78, 5) is 14.7. The maximum atomic E-state index is 15.9. The van der Waals surface area contributed by atoms with Crippen molar-refractivity contribution in [3.63, 3.8) is 0 Å². The van der Waals surface area contributed by atoms with Crippen LogP contribution in [0.25, 0.3) is 21.8 Å². The zero-order chi connectivity index (χ0) is 30.6. The molecule has 0 spiro atoms. The molecule has 0 atom stereocenters. The summed E-state index contributed by atoms with van der Waals surface area (Å²) < 4.78 is 49.3. The number of rotatable bonds is 10. The quantitative estimate of drug-likeness (QED) is 0.164. The third kappa shape index (κ3) is 8.23. The lowest BCUT2D eigenvalue weighted by molar-refractivity contribution is 0.162. The number of hydrogen-bond acceptors (Lipinski definition) is 9. The number of anilines is 3. The van der Waals surface area contributed by atoms with Crippen molar-refractivity contribution < 1.29 is 17.5 Å². The molecule has 0 unspecified atom stereocenters. The zero-order valence-electron chi connectivity index (χ0n) is 25.2. The molecule has 44 heavy (non-hydrogen) atoms. The predicted molar refractivity (Wildman–Crippen MR) is 178 cm³/mol. The van der Waals surface area contributed by atoms with Gasteiger partial charge in [0.2, 0.25) is 16.0 Å². The van der Waals surface area contributed by atoms with E-state index in [-0.39, 0.29) is 40.9 Å². The topological polar surface area (TPSA) is 118 Å². The van der Waals surface area contributed by atoms with Crippen LogP contribution in [0.15, 0.2) is 54.7 Å². The average Bonchev–Trinajstić information content (AvgIpc) is 3.41. The summed E-state index contributed by atoms with van der Waals surface area (Å²) in [6, 6.07) is 14.1. The van der Waals surface area contributed by atoms with Gasteiger partial charge < -0.3 is 15.4 Å². The van der Waals surface area contributed by atoms with Crippen molar-refractivity contribution in [3.8, 4) is 27.6 Å². The Bertz CT molecular complexity index is 1690. The van der Waals surface area contributed by atoms with Crippen LogP contribution in [0.4, 0.5) is 21.7 Å². The molecule has 0 saturated carbocycles. The number of nitrogens with one attached hydrogen (secondary N) is 3. The third-order valence-corrected chi connectivity index (χ3v) is 9.81. The van der Waals surface area contributed by atoms with Crippen molar-refractivity contribution in [3.05, 3.63) is 65.6 Å². The second-order valence-electron chi connectivity index (χ2n) is 11.5. The number of sulfonamides is 1. The van der Waals surface area contributed by atoms with Gasteiger partial charge in [0.15, 0.2) is 5.82 Å². The molecule has 2 aromatic heterocycles. The highest BCUT2D eigenvalue weighted by atomic mass is 35.5. The average molecular weight is 661 g/mol. The van der Waals surface area contributed by atoms with Crippen molar-refractivity contribution >= 4 is 51.1 Å². The number of ether oxygens (including phenoxy) is 1. The van der Waals surface area contributed by atoms with E-state index in [1.807, 2.05) is 45.0 Å². The molecule has 2 aromatic carbocycles. The fourth-order valence-corrected chi connectivity index (χ4v) is 6.94. The Labute approximate surface area is 268 Å². The predicted octanol–water partition coefficient (Wildman–Crippen LogP) is 7.15. The smallest absolute Gasteiger partial charge is 0.232 e. The van der Waals surface area contributed by atoms with Gasteiger partial charge in [0.1, 0.15) is 11.9 Å². The van der Waals surface area contributed by atoms with Gasteiger partial charge in [-0.25, -0.2) is 27.8 Å². The minimum absolute atomic E-state index is 0. The monoisotopic (exact) mass is 660 g/mol. The summed E-state index contributed by atoms with van der Waals surface area (Å²) in [6.07, 6.45) is 4.17. The molecule has 0 bridgehead atoms. The first kappa shape index (κ1) is 33.6. The van der Waals surface area contributed by atoms with E-state index in [0.29, 0.717) is 28.6 Å². The molecule has 0 aliphatic carbocycles. The summed E-state index contributed by atoms with van der Waals surface area (Å²) in [7, 11) is -3.68. The highest BCUT2D eigenvalue weighted by Crippen LogP contribution is 2.42. The maximum absolute atomic E-state index is 15.9. The molecule has 3 heterocycles. The molecular formula is C31H38ClFN6O3S2. The van der Waals surface area contributed by atoms with Crippen molar-refractivity contribution in [2.24, 2.45) is 0 Å². The first-order valence-corrected chi connectivity index (χ1v) is 16.9. The number of nitrogens with zero attached hydrogens (tertiary/aromatic N) is 3. The lowest BCUT2D eigenvalue weighted by Gasteiger charge is -2.24. The van der Waals surface area contributed by atoms with Crippen LogP contribution in [0.1, 0.15) is 52.0 Å². The Morgan fingerprint density at radius 1 is 1.09 bits per heavy atom. The fraction of sp³-hybridized carbons (Fsp3) is 0.387. The van der Waals surface area contributed by atoms with Gasteiger partial charge in [-0.05, 0) is 62.7 Å². The molecule has 1 fully saturated rings. The molecule has 1 aliphatic rings. The molecule has 9 nitrogen and oxygen atoms in total. The van der Waals surface area contributed by atoms with Crippen molar-refractivity contribution in [2.75, 3.05) is 28.9 Å². The lowest BCUT2D eigenvalue weighted by atomic mass is 9.98. The van der Waals surface area contributed by atoms with Crippen molar-refractivity contribution in [2.45, 2.75) is 58.5 Å².